The largest absolute Gasteiger partial charge is 0.389 e. The van der Waals surface area contributed by atoms with Crippen molar-refractivity contribution in [2.75, 3.05) is 13.1 Å². The maximum Gasteiger partial charge on any atom is 0.128 e. The van der Waals surface area contributed by atoms with Crippen LogP contribution in [0.1, 0.15) is 31.4 Å². The Kier molecular flexibility index (Phi) is 5.51. The Bertz CT molecular complexity index is 393. The number of benzene rings is 1. The van der Waals surface area contributed by atoms with Gasteiger partial charge in [-0.2, -0.15) is 0 Å². The van der Waals surface area contributed by atoms with E-state index in [9.17, 15) is 4.39 Å². The standard InChI is InChI=1S/C13H19FN2S/c1-3-7-16(4-2)9-11-6-5-10(13(15)17)8-12(11)14/h5-6,8H,3-4,7,9H2,1-2H3,(H2,15,17). The molecule has 0 heterocycles. The van der Waals surface area contributed by atoms with E-state index in [1.165, 1.54) is 6.07 Å². The molecule has 0 bridgehead atoms. The molecule has 0 aliphatic heterocycles. The van der Waals surface area contributed by atoms with Gasteiger partial charge in [-0.1, -0.05) is 38.2 Å². The molecule has 2 nitrogen and oxygen atoms in total. The fourth-order valence-corrected chi connectivity index (χ4v) is 1.86. The highest BCUT2D eigenvalue weighted by Crippen LogP contribution is 2.13. The number of thiocarbonyl (C=S) groups is 1. The quantitative estimate of drug-likeness (QED) is 0.791. The van der Waals surface area contributed by atoms with E-state index < -0.39 is 0 Å². The van der Waals surface area contributed by atoms with Gasteiger partial charge >= 0.3 is 0 Å². The van der Waals surface area contributed by atoms with E-state index in [-0.39, 0.29) is 10.8 Å². The molecule has 2 N–H and O–H groups in total. The van der Waals surface area contributed by atoms with Gasteiger partial charge in [0.15, 0.2) is 0 Å². The van der Waals surface area contributed by atoms with Gasteiger partial charge in [0.05, 0.1) is 0 Å². The van der Waals surface area contributed by atoms with E-state index in [0.717, 1.165) is 19.5 Å². The van der Waals surface area contributed by atoms with E-state index in [0.29, 0.717) is 17.7 Å². The van der Waals surface area contributed by atoms with Crippen molar-refractivity contribution in [3.63, 3.8) is 0 Å². The first-order valence-electron chi connectivity index (χ1n) is 5.89. The monoisotopic (exact) mass is 254 g/mol. The molecule has 4 heteroatoms. The molecule has 0 unspecified atom stereocenters. The third-order valence-electron chi connectivity index (χ3n) is 2.72. The first kappa shape index (κ1) is 14.1. The molecule has 0 aliphatic rings. The van der Waals surface area contributed by atoms with E-state index >= 15 is 0 Å². The molecule has 0 saturated carbocycles. The van der Waals surface area contributed by atoms with Crippen molar-refractivity contribution in [3.8, 4) is 0 Å². The van der Waals surface area contributed by atoms with Gasteiger partial charge < -0.3 is 5.73 Å². The van der Waals surface area contributed by atoms with Gasteiger partial charge in [-0.25, -0.2) is 4.39 Å². The molecule has 17 heavy (non-hydrogen) atoms. The summed E-state index contributed by atoms with van der Waals surface area (Å²) in [5, 5.41) is 0. The molecule has 1 rings (SSSR count). The Morgan fingerprint density at radius 3 is 2.59 bits per heavy atom. The van der Waals surface area contributed by atoms with Crippen LogP contribution in [0, 0.1) is 5.82 Å². The summed E-state index contributed by atoms with van der Waals surface area (Å²) < 4.78 is 13.8. The van der Waals surface area contributed by atoms with Crippen molar-refractivity contribution in [1.82, 2.24) is 4.90 Å². The van der Waals surface area contributed by atoms with Crippen molar-refractivity contribution in [1.29, 1.82) is 0 Å². The summed E-state index contributed by atoms with van der Waals surface area (Å²) in [6, 6.07) is 4.96. The van der Waals surface area contributed by atoms with Crippen LogP contribution in [0.3, 0.4) is 0 Å². The zero-order valence-electron chi connectivity index (χ0n) is 10.4. The summed E-state index contributed by atoms with van der Waals surface area (Å²) >= 11 is 4.82. The number of hydrogen-bond acceptors (Lipinski definition) is 2. The Balaban J connectivity index is 2.81. The molecule has 0 spiro atoms. The Labute approximate surface area is 108 Å². The van der Waals surface area contributed by atoms with Crippen molar-refractivity contribution in [2.24, 2.45) is 5.73 Å². The first-order chi connectivity index (χ1) is 8.08. The second kappa shape index (κ2) is 6.67. The number of hydrogen-bond donors (Lipinski definition) is 1. The van der Waals surface area contributed by atoms with Crippen molar-refractivity contribution in [3.05, 3.63) is 35.1 Å². The average Bonchev–Trinajstić information content (AvgIpc) is 2.30. The van der Waals surface area contributed by atoms with Crippen LogP contribution in [-0.4, -0.2) is 23.0 Å². The number of rotatable bonds is 6. The third-order valence-corrected chi connectivity index (χ3v) is 2.95. The lowest BCUT2D eigenvalue weighted by atomic mass is 10.1. The molecular formula is C13H19FN2S. The van der Waals surface area contributed by atoms with Gasteiger partial charge in [0.2, 0.25) is 0 Å². The Morgan fingerprint density at radius 2 is 2.12 bits per heavy atom. The molecule has 1 aromatic rings. The molecule has 0 radical (unpaired) electrons. The van der Waals surface area contributed by atoms with E-state index in [4.69, 9.17) is 18.0 Å². The lowest BCUT2D eigenvalue weighted by molar-refractivity contribution is 0.276. The highest BCUT2D eigenvalue weighted by atomic mass is 32.1. The zero-order chi connectivity index (χ0) is 12.8. The van der Waals surface area contributed by atoms with Crippen LogP contribution in [0.25, 0.3) is 0 Å². The van der Waals surface area contributed by atoms with Crippen molar-refractivity contribution in [2.45, 2.75) is 26.8 Å². The molecule has 0 saturated heterocycles. The number of halogens is 1. The van der Waals surface area contributed by atoms with Gasteiger partial charge in [-0.3, -0.25) is 4.90 Å². The summed E-state index contributed by atoms with van der Waals surface area (Å²) in [6.45, 7) is 6.73. The molecule has 0 aromatic heterocycles. The van der Waals surface area contributed by atoms with Gasteiger partial charge in [0.1, 0.15) is 10.8 Å². The van der Waals surface area contributed by atoms with Crippen LogP contribution in [0.4, 0.5) is 4.39 Å². The second-order valence-electron chi connectivity index (χ2n) is 4.04. The van der Waals surface area contributed by atoms with Crippen LogP contribution >= 0.6 is 12.2 Å². The number of nitrogens with two attached hydrogens (primary N) is 1. The van der Waals surface area contributed by atoms with Crippen molar-refractivity contribution >= 4 is 17.2 Å². The predicted molar refractivity (Wildman–Crippen MR) is 73.5 cm³/mol. The average molecular weight is 254 g/mol. The molecule has 1 aromatic carbocycles. The fraction of sp³-hybridized carbons (Fsp3) is 0.462. The van der Waals surface area contributed by atoms with Gasteiger partial charge in [-0.15, -0.1) is 0 Å². The van der Waals surface area contributed by atoms with E-state index in [2.05, 4.69) is 18.7 Å². The topological polar surface area (TPSA) is 29.3 Å². The zero-order valence-corrected chi connectivity index (χ0v) is 11.2. The van der Waals surface area contributed by atoms with Crippen LogP contribution in [0.2, 0.25) is 0 Å². The predicted octanol–water partition coefficient (Wildman–Crippen LogP) is 2.69. The SMILES string of the molecule is CCCN(CC)Cc1ccc(C(N)=S)cc1F. The van der Waals surface area contributed by atoms with Crippen LogP contribution in [0.15, 0.2) is 18.2 Å². The van der Waals surface area contributed by atoms with Gasteiger partial charge in [-0.05, 0) is 25.6 Å². The highest BCUT2D eigenvalue weighted by molar-refractivity contribution is 7.80. The summed E-state index contributed by atoms with van der Waals surface area (Å²) in [6.07, 6.45) is 1.07. The van der Waals surface area contributed by atoms with Gasteiger partial charge in [0, 0.05) is 17.7 Å². The minimum Gasteiger partial charge on any atom is -0.389 e. The van der Waals surface area contributed by atoms with Crippen LogP contribution in [0.5, 0.6) is 0 Å². The summed E-state index contributed by atoms with van der Waals surface area (Å²) in [5.41, 5.74) is 6.74. The normalized spacial score (nSPS) is 10.8. The molecule has 0 atom stereocenters. The van der Waals surface area contributed by atoms with Crippen LogP contribution in [-0.2, 0) is 6.54 Å². The smallest absolute Gasteiger partial charge is 0.128 e. The maximum absolute atomic E-state index is 13.8. The fourth-order valence-electron chi connectivity index (χ4n) is 1.73. The molecule has 94 valence electrons. The Hall–Kier alpha value is -1.00. The second-order valence-corrected chi connectivity index (χ2v) is 4.48. The summed E-state index contributed by atoms with van der Waals surface area (Å²) in [5.74, 6) is -0.232. The Morgan fingerprint density at radius 1 is 1.41 bits per heavy atom. The lowest BCUT2D eigenvalue weighted by Gasteiger charge is -2.20. The molecular weight excluding hydrogens is 235 g/mol. The van der Waals surface area contributed by atoms with Gasteiger partial charge in [0.25, 0.3) is 0 Å². The minimum atomic E-state index is -0.232. The third kappa shape index (κ3) is 4.06. The molecule has 0 fully saturated rings. The summed E-state index contributed by atoms with van der Waals surface area (Å²) in [4.78, 5) is 2.44. The summed E-state index contributed by atoms with van der Waals surface area (Å²) in [7, 11) is 0. The first-order valence-corrected chi connectivity index (χ1v) is 6.29. The lowest BCUT2D eigenvalue weighted by Crippen LogP contribution is -2.24. The number of nitrogens with zero attached hydrogens (tertiary/aromatic N) is 1. The highest BCUT2D eigenvalue weighted by Gasteiger charge is 2.08. The van der Waals surface area contributed by atoms with Crippen molar-refractivity contribution < 1.29 is 4.39 Å². The minimum absolute atomic E-state index is 0.232. The van der Waals surface area contributed by atoms with E-state index in [1.807, 2.05) is 0 Å². The maximum atomic E-state index is 13.8. The van der Waals surface area contributed by atoms with Crippen LogP contribution < -0.4 is 5.73 Å². The van der Waals surface area contributed by atoms with E-state index in [1.54, 1.807) is 12.1 Å². The molecule has 0 amide bonds. The molecule has 0 aliphatic carbocycles.